The summed E-state index contributed by atoms with van der Waals surface area (Å²) < 4.78 is 36.3. The van der Waals surface area contributed by atoms with Crippen LogP contribution >= 0.6 is 31.3 Å². The average molecular weight is 1070 g/mol. The number of likely N-dealkylation sites (N-methyl/N-ethyl adjacent to an activating group) is 1. The van der Waals surface area contributed by atoms with Crippen LogP contribution in [0.3, 0.4) is 0 Å². The molecule has 1 aromatic carbocycles. The van der Waals surface area contributed by atoms with E-state index < -0.39 is 7.75 Å². The molecule has 0 aliphatic carbocycles. The topological polar surface area (TPSA) is 103 Å². The maximum atomic E-state index is 13.7. The van der Waals surface area contributed by atoms with Gasteiger partial charge >= 0.3 is 13.7 Å². The van der Waals surface area contributed by atoms with Crippen molar-refractivity contribution in [2.45, 2.75) is 269 Å². The minimum atomic E-state index is -3.36. The molecule has 0 amide bonds. The van der Waals surface area contributed by atoms with Crippen LogP contribution in [0.4, 0.5) is 0 Å². The smallest absolute Gasteiger partial charge is 0.405 e. The average Bonchev–Trinajstić information content (AvgIpc) is 3.36. The van der Waals surface area contributed by atoms with Crippen LogP contribution in [0.25, 0.3) is 0 Å². The number of nitrogens with zero attached hydrogens (tertiary/aromatic N) is 1. The third-order valence-corrected chi connectivity index (χ3v) is 18.5. The van der Waals surface area contributed by atoms with Crippen LogP contribution in [0.5, 0.6) is 0 Å². The maximum Gasteiger partial charge on any atom is 0.405 e. The molecule has 0 bridgehead atoms. The van der Waals surface area contributed by atoms with Crippen molar-refractivity contribution in [3.8, 4) is 0 Å². The Morgan fingerprint density at radius 2 is 0.972 bits per heavy atom. The molecule has 0 radical (unpaired) electrons. The van der Waals surface area contributed by atoms with Gasteiger partial charge in [-0.25, -0.2) is 9.65 Å². The standard InChI is InChI=1S/C60H113N2O7PS2/c1-8-10-12-14-16-22-28-36-58(71-50-34-46-66-53-63)37-30-24-18-20-26-32-48-68-70(65,61-44-45-62(6)7)69-49-33-27-21-19-25-31-39-59(38-29-23-17-15-13-11-9-2)72-51-35-47-67-60(64)52-55(5)57-42-40-56(41-43-57)54(3)4/h40-43,53-55,58-59H,8-39,44-52H2,1-7H3,(H,61,65). The number of thioether (sulfide) groups is 2. The van der Waals surface area contributed by atoms with Gasteiger partial charge in [0.1, 0.15) is 0 Å². The highest BCUT2D eigenvalue weighted by molar-refractivity contribution is 8.00. The van der Waals surface area contributed by atoms with E-state index in [1.807, 2.05) is 14.1 Å². The van der Waals surface area contributed by atoms with E-state index in [0.717, 1.165) is 56.6 Å². The summed E-state index contributed by atoms with van der Waals surface area (Å²) in [5, 5.41) is 4.52. The van der Waals surface area contributed by atoms with Gasteiger partial charge in [-0.3, -0.25) is 18.6 Å². The van der Waals surface area contributed by atoms with Gasteiger partial charge in [-0.2, -0.15) is 23.5 Å². The molecule has 0 aliphatic heterocycles. The van der Waals surface area contributed by atoms with Crippen LogP contribution in [-0.4, -0.2) is 93.0 Å². The van der Waals surface area contributed by atoms with E-state index >= 15 is 0 Å². The van der Waals surface area contributed by atoms with E-state index in [4.69, 9.17) is 18.5 Å². The van der Waals surface area contributed by atoms with Gasteiger partial charge in [0.15, 0.2) is 0 Å². The Kier molecular flexibility index (Phi) is 47.4. The van der Waals surface area contributed by atoms with Crippen LogP contribution in [-0.2, 0) is 32.7 Å². The Balaban J connectivity index is 2.37. The van der Waals surface area contributed by atoms with E-state index in [0.29, 0.717) is 62.3 Å². The Labute approximate surface area is 453 Å². The summed E-state index contributed by atoms with van der Waals surface area (Å²) >= 11 is 4.18. The number of nitrogens with one attached hydrogen (secondary N) is 1. The van der Waals surface area contributed by atoms with Crippen LogP contribution in [0.15, 0.2) is 24.3 Å². The Morgan fingerprint density at radius 3 is 1.39 bits per heavy atom. The van der Waals surface area contributed by atoms with Crippen molar-refractivity contribution in [1.29, 1.82) is 0 Å². The molecular formula is C60H113N2O7PS2. The zero-order valence-corrected chi connectivity index (χ0v) is 50.3. The van der Waals surface area contributed by atoms with Crippen molar-refractivity contribution < 1.29 is 32.7 Å². The van der Waals surface area contributed by atoms with Gasteiger partial charge in [0.25, 0.3) is 6.47 Å². The van der Waals surface area contributed by atoms with Gasteiger partial charge in [-0.05, 0) is 99.9 Å². The molecule has 0 saturated carbocycles. The monoisotopic (exact) mass is 1070 g/mol. The van der Waals surface area contributed by atoms with Crippen LogP contribution in [0.1, 0.15) is 269 Å². The highest BCUT2D eigenvalue weighted by Gasteiger charge is 2.24. The first-order chi connectivity index (χ1) is 35.0. The molecule has 1 rings (SSSR count). The fourth-order valence-electron chi connectivity index (χ4n) is 9.12. The van der Waals surface area contributed by atoms with Crippen LogP contribution in [0.2, 0.25) is 0 Å². The summed E-state index contributed by atoms with van der Waals surface area (Å²) in [6.07, 6.45) is 40.0. The number of esters is 1. The minimum absolute atomic E-state index is 0.0882. The Bertz CT molecular complexity index is 1410. The van der Waals surface area contributed by atoms with E-state index in [9.17, 15) is 14.2 Å². The zero-order valence-electron chi connectivity index (χ0n) is 47.8. The lowest BCUT2D eigenvalue weighted by Crippen LogP contribution is -2.26. The minimum Gasteiger partial charge on any atom is -0.468 e. The van der Waals surface area contributed by atoms with Gasteiger partial charge in [0, 0.05) is 23.6 Å². The SMILES string of the molecule is CCCCCCCCCC(CCCCCCCCOP(=O)(NCCN(C)C)OCCCCCCCCC(CCCCCCCCC)SCCCOC(=O)CC(C)c1ccc(C(C)C)cc1)SCCCOC=O. The largest absolute Gasteiger partial charge is 0.468 e. The van der Waals surface area contributed by atoms with Gasteiger partial charge in [-0.1, -0.05) is 213 Å². The summed E-state index contributed by atoms with van der Waals surface area (Å²) in [6, 6.07) is 8.69. The van der Waals surface area contributed by atoms with Crippen molar-refractivity contribution in [3.05, 3.63) is 35.4 Å². The summed E-state index contributed by atoms with van der Waals surface area (Å²) in [5.41, 5.74) is 2.53. The van der Waals surface area contributed by atoms with E-state index in [2.05, 4.69) is 92.4 Å². The molecule has 72 heavy (non-hydrogen) atoms. The van der Waals surface area contributed by atoms with Gasteiger partial charge in [-0.15, -0.1) is 0 Å². The molecule has 0 fully saturated rings. The Hall–Kier alpha value is -1.07. The van der Waals surface area contributed by atoms with Gasteiger partial charge in [0.05, 0.1) is 32.8 Å². The number of benzene rings is 1. The molecule has 0 aromatic heterocycles. The number of carbonyl (C=O) groups is 2. The number of hydrogen-bond acceptors (Lipinski definition) is 10. The first kappa shape index (κ1) is 68.9. The lowest BCUT2D eigenvalue weighted by atomic mass is 9.94. The third kappa shape index (κ3) is 42.1. The summed E-state index contributed by atoms with van der Waals surface area (Å²) in [4.78, 5) is 25.2. The number of ether oxygens (including phenoxy) is 2. The highest BCUT2D eigenvalue weighted by Crippen LogP contribution is 2.44. The second-order valence-corrected chi connectivity index (χ2v) is 26.0. The molecule has 422 valence electrons. The quantitative estimate of drug-likeness (QED) is 0.0292. The van der Waals surface area contributed by atoms with Crippen molar-refractivity contribution in [2.24, 2.45) is 0 Å². The molecule has 0 aliphatic rings. The van der Waals surface area contributed by atoms with Crippen LogP contribution in [0, 0.1) is 0 Å². The number of unbranched alkanes of at least 4 members (excludes halogenated alkanes) is 22. The number of carbonyl (C=O) groups excluding carboxylic acids is 2. The maximum absolute atomic E-state index is 13.7. The molecule has 1 aromatic rings. The molecule has 1 N–H and O–H groups in total. The fraction of sp³-hybridized carbons (Fsp3) is 0.867. The zero-order chi connectivity index (χ0) is 52.6. The van der Waals surface area contributed by atoms with E-state index in [1.165, 1.54) is 178 Å². The summed E-state index contributed by atoms with van der Waals surface area (Å²) in [5.74, 6) is 2.68. The lowest BCUT2D eigenvalue weighted by Gasteiger charge is -2.20. The van der Waals surface area contributed by atoms with Crippen molar-refractivity contribution in [1.82, 2.24) is 9.99 Å². The molecule has 0 heterocycles. The fourth-order valence-corrected chi connectivity index (χ4v) is 13.1. The second-order valence-electron chi connectivity index (χ2n) is 21.3. The first-order valence-corrected chi connectivity index (χ1v) is 33.5. The number of hydrogen-bond donors (Lipinski definition) is 1. The predicted octanol–water partition coefficient (Wildman–Crippen LogP) is 18.0. The Morgan fingerprint density at radius 1 is 0.569 bits per heavy atom. The lowest BCUT2D eigenvalue weighted by molar-refractivity contribution is -0.144. The molecule has 9 nitrogen and oxygen atoms in total. The second kappa shape index (κ2) is 49.5. The summed E-state index contributed by atoms with van der Waals surface area (Å²) in [6.45, 7) is 14.9. The summed E-state index contributed by atoms with van der Waals surface area (Å²) in [7, 11) is 0.681. The molecule has 4 unspecified atom stereocenters. The highest BCUT2D eigenvalue weighted by atomic mass is 32.2. The first-order valence-electron chi connectivity index (χ1n) is 29.9. The number of rotatable bonds is 55. The van der Waals surface area contributed by atoms with Crippen molar-refractivity contribution in [2.75, 3.05) is 65.1 Å². The molecule has 0 saturated heterocycles. The molecule has 4 atom stereocenters. The van der Waals surface area contributed by atoms with Crippen LogP contribution < -0.4 is 5.09 Å². The normalized spacial score (nSPS) is 13.9. The van der Waals surface area contributed by atoms with Crippen molar-refractivity contribution in [3.63, 3.8) is 0 Å². The van der Waals surface area contributed by atoms with Crippen molar-refractivity contribution >= 4 is 43.7 Å². The van der Waals surface area contributed by atoms with Gasteiger partial charge < -0.3 is 14.4 Å². The molecule has 0 spiro atoms. The third-order valence-electron chi connectivity index (χ3n) is 13.9. The predicted molar refractivity (Wildman–Crippen MR) is 314 cm³/mol. The molecular weight excluding hydrogens is 956 g/mol. The van der Waals surface area contributed by atoms with E-state index in [1.54, 1.807) is 0 Å². The molecule has 12 heteroatoms. The van der Waals surface area contributed by atoms with E-state index in [-0.39, 0.29) is 11.9 Å². The van der Waals surface area contributed by atoms with Gasteiger partial charge in [0.2, 0.25) is 0 Å².